The molecule has 0 N–H and O–H groups in total. The minimum Gasteiger partial charge on any atom is -0.257 e. The molecular weight excluding hydrogens is 290 g/mol. The Morgan fingerprint density at radius 2 is 1.83 bits per heavy atom. The lowest BCUT2D eigenvalue weighted by atomic mass is 9.92. The summed E-state index contributed by atoms with van der Waals surface area (Å²) in [5, 5.41) is 0. The SMILES string of the molecule is C=C(C/C=C\C1=C(C)CCCC1)CCC(=C)C(=C)/N=C\C=C/CC. The summed E-state index contributed by atoms with van der Waals surface area (Å²) in [7, 11) is 0. The van der Waals surface area contributed by atoms with Crippen molar-refractivity contribution in [2.45, 2.75) is 65.2 Å². The summed E-state index contributed by atoms with van der Waals surface area (Å²) in [6.07, 6.45) is 19.3. The summed E-state index contributed by atoms with van der Waals surface area (Å²) in [6.45, 7) is 16.6. The molecule has 1 aliphatic carbocycles. The second kappa shape index (κ2) is 11.6. The Morgan fingerprint density at radius 3 is 2.54 bits per heavy atom. The smallest absolute Gasteiger partial charge is 0.0584 e. The van der Waals surface area contributed by atoms with Crippen LogP contribution in [0.15, 0.2) is 77.0 Å². The maximum absolute atomic E-state index is 4.32. The van der Waals surface area contributed by atoms with Gasteiger partial charge in [0.1, 0.15) is 0 Å². The number of hydrogen-bond acceptors (Lipinski definition) is 1. The first-order valence-corrected chi connectivity index (χ1v) is 9.12. The van der Waals surface area contributed by atoms with Crippen molar-refractivity contribution < 1.29 is 0 Å². The van der Waals surface area contributed by atoms with Gasteiger partial charge < -0.3 is 0 Å². The summed E-state index contributed by atoms with van der Waals surface area (Å²) in [5.74, 6) is 0. The Morgan fingerprint density at radius 1 is 1.08 bits per heavy atom. The monoisotopic (exact) mass is 323 g/mol. The van der Waals surface area contributed by atoms with Gasteiger partial charge in [0, 0.05) is 6.21 Å². The molecule has 0 heterocycles. The van der Waals surface area contributed by atoms with Crippen molar-refractivity contribution in [1.29, 1.82) is 0 Å². The van der Waals surface area contributed by atoms with E-state index < -0.39 is 0 Å². The molecule has 0 spiro atoms. The lowest BCUT2D eigenvalue weighted by Gasteiger charge is -2.14. The molecule has 1 rings (SSSR count). The third-order valence-corrected chi connectivity index (χ3v) is 4.40. The van der Waals surface area contributed by atoms with Gasteiger partial charge >= 0.3 is 0 Å². The number of hydrogen-bond donors (Lipinski definition) is 0. The molecule has 0 radical (unpaired) electrons. The highest BCUT2D eigenvalue weighted by atomic mass is 14.7. The van der Waals surface area contributed by atoms with E-state index in [4.69, 9.17) is 0 Å². The zero-order valence-electron chi connectivity index (χ0n) is 15.6. The summed E-state index contributed by atoms with van der Waals surface area (Å²) in [4.78, 5) is 4.32. The molecule has 1 nitrogen and oxygen atoms in total. The lowest BCUT2D eigenvalue weighted by Crippen LogP contribution is -1.94. The number of allylic oxidation sites excluding steroid dienone is 8. The van der Waals surface area contributed by atoms with Crippen molar-refractivity contribution >= 4 is 6.21 Å². The fourth-order valence-electron chi connectivity index (χ4n) is 2.67. The van der Waals surface area contributed by atoms with Crippen LogP contribution in [0.3, 0.4) is 0 Å². The van der Waals surface area contributed by atoms with Gasteiger partial charge in [-0.05, 0) is 75.5 Å². The van der Waals surface area contributed by atoms with Crippen LogP contribution in [-0.4, -0.2) is 6.21 Å². The summed E-state index contributed by atoms with van der Waals surface area (Å²) in [6, 6.07) is 0. The van der Waals surface area contributed by atoms with Crippen molar-refractivity contribution in [3.8, 4) is 0 Å². The highest BCUT2D eigenvalue weighted by Gasteiger charge is 2.06. The average molecular weight is 324 g/mol. The standard InChI is InChI=1S/C23H33N/c1-6-7-10-18-24-22(5)20(3)17-16-19(2)12-11-15-23-14-9-8-13-21(23)4/h7,10-11,15,18H,2-3,5-6,8-9,12-14,16-17H2,1,4H3/b10-7-,15-11-,24-18-. The molecule has 0 fully saturated rings. The quantitative estimate of drug-likeness (QED) is 0.228. The average Bonchev–Trinajstić information content (AvgIpc) is 2.58. The fourth-order valence-corrected chi connectivity index (χ4v) is 2.67. The van der Waals surface area contributed by atoms with Crippen LogP contribution >= 0.6 is 0 Å². The minimum atomic E-state index is 0.766. The van der Waals surface area contributed by atoms with E-state index in [2.05, 4.69) is 56.8 Å². The van der Waals surface area contributed by atoms with Crippen LogP contribution in [0.1, 0.15) is 65.2 Å². The fraction of sp³-hybridized carbons (Fsp3) is 0.435. The van der Waals surface area contributed by atoms with E-state index in [-0.39, 0.29) is 0 Å². The molecule has 0 aliphatic heterocycles. The third kappa shape index (κ3) is 8.10. The van der Waals surface area contributed by atoms with Gasteiger partial charge in [0.25, 0.3) is 0 Å². The summed E-state index contributed by atoms with van der Waals surface area (Å²) < 4.78 is 0. The Kier molecular flexibility index (Phi) is 9.76. The maximum atomic E-state index is 4.32. The van der Waals surface area contributed by atoms with Crippen LogP contribution in [0.5, 0.6) is 0 Å². The predicted molar refractivity (Wildman–Crippen MR) is 110 cm³/mol. The molecule has 0 saturated heterocycles. The molecule has 130 valence electrons. The first-order valence-electron chi connectivity index (χ1n) is 9.12. The molecule has 0 amide bonds. The van der Waals surface area contributed by atoms with Crippen molar-refractivity contribution in [3.63, 3.8) is 0 Å². The normalized spacial score (nSPS) is 15.8. The van der Waals surface area contributed by atoms with Crippen molar-refractivity contribution in [2.24, 2.45) is 4.99 Å². The van der Waals surface area contributed by atoms with Crippen LogP contribution in [0.4, 0.5) is 0 Å². The molecule has 0 aromatic rings. The highest BCUT2D eigenvalue weighted by Crippen LogP contribution is 2.25. The molecule has 0 aromatic carbocycles. The third-order valence-electron chi connectivity index (χ3n) is 4.40. The Bertz CT molecular complexity index is 567. The van der Waals surface area contributed by atoms with E-state index in [9.17, 15) is 0 Å². The Balaban J connectivity index is 2.32. The molecule has 0 bridgehead atoms. The van der Waals surface area contributed by atoms with E-state index in [1.54, 1.807) is 11.8 Å². The second-order valence-electron chi connectivity index (χ2n) is 6.53. The van der Waals surface area contributed by atoms with Crippen LogP contribution in [0.2, 0.25) is 0 Å². The van der Waals surface area contributed by atoms with Crippen molar-refractivity contribution in [2.75, 3.05) is 0 Å². The van der Waals surface area contributed by atoms with Gasteiger partial charge in [-0.25, -0.2) is 0 Å². The van der Waals surface area contributed by atoms with Gasteiger partial charge in [0.2, 0.25) is 0 Å². The first kappa shape index (κ1) is 20.2. The molecule has 0 saturated carbocycles. The largest absolute Gasteiger partial charge is 0.257 e. The van der Waals surface area contributed by atoms with Gasteiger partial charge in [-0.1, -0.05) is 56.0 Å². The predicted octanol–water partition coefficient (Wildman–Crippen LogP) is 7.27. The van der Waals surface area contributed by atoms with E-state index >= 15 is 0 Å². The zero-order valence-corrected chi connectivity index (χ0v) is 15.6. The van der Waals surface area contributed by atoms with Gasteiger partial charge in [0.15, 0.2) is 0 Å². The summed E-state index contributed by atoms with van der Waals surface area (Å²) >= 11 is 0. The molecule has 0 unspecified atom stereocenters. The van der Waals surface area contributed by atoms with Crippen LogP contribution in [0, 0.1) is 0 Å². The molecular formula is C23H33N. The van der Waals surface area contributed by atoms with Crippen LogP contribution in [-0.2, 0) is 0 Å². The molecule has 1 heteroatoms. The molecule has 1 aliphatic rings. The minimum absolute atomic E-state index is 0.766. The first-order chi connectivity index (χ1) is 11.5. The van der Waals surface area contributed by atoms with Crippen LogP contribution in [0.25, 0.3) is 0 Å². The van der Waals surface area contributed by atoms with E-state index in [0.29, 0.717) is 0 Å². The molecule has 24 heavy (non-hydrogen) atoms. The van der Waals surface area contributed by atoms with E-state index in [1.807, 2.05) is 6.08 Å². The molecule has 0 atom stereocenters. The maximum Gasteiger partial charge on any atom is 0.0584 e. The lowest BCUT2D eigenvalue weighted by molar-refractivity contribution is 0.682. The van der Waals surface area contributed by atoms with Gasteiger partial charge in [-0.2, -0.15) is 0 Å². The Hall–Kier alpha value is -1.89. The van der Waals surface area contributed by atoms with Crippen LogP contribution < -0.4 is 0 Å². The van der Waals surface area contributed by atoms with Gasteiger partial charge in [-0.15, -0.1) is 0 Å². The van der Waals surface area contributed by atoms with E-state index in [0.717, 1.165) is 37.0 Å². The number of nitrogens with zero attached hydrogens (tertiary/aromatic N) is 1. The number of aliphatic imine (C=N–C) groups is 1. The Labute approximate surface area is 149 Å². The zero-order chi connectivity index (χ0) is 17.8. The van der Waals surface area contributed by atoms with E-state index in [1.165, 1.54) is 36.8 Å². The van der Waals surface area contributed by atoms with Gasteiger partial charge in [0.05, 0.1) is 5.70 Å². The summed E-state index contributed by atoms with van der Waals surface area (Å²) in [5.41, 5.74) is 6.09. The molecule has 0 aromatic heterocycles. The number of rotatable bonds is 10. The second-order valence-corrected chi connectivity index (χ2v) is 6.53. The van der Waals surface area contributed by atoms with Gasteiger partial charge in [-0.3, -0.25) is 4.99 Å². The van der Waals surface area contributed by atoms with Crippen molar-refractivity contribution in [1.82, 2.24) is 0 Å². The topological polar surface area (TPSA) is 12.4 Å². The highest BCUT2D eigenvalue weighted by molar-refractivity contribution is 5.72. The van der Waals surface area contributed by atoms with Crippen molar-refractivity contribution in [3.05, 3.63) is 72.0 Å².